The van der Waals surface area contributed by atoms with Gasteiger partial charge in [0.2, 0.25) is 0 Å². The minimum Gasteiger partial charge on any atom is -0.497 e. The Morgan fingerprint density at radius 1 is 1.14 bits per heavy atom. The molecule has 0 atom stereocenters. The average Bonchev–Trinajstić information content (AvgIpc) is 2.54. The van der Waals surface area contributed by atoms with E-state index < -0.39 is 0 Å². The second-order valence-corrected chi connectivity index (χ2v) is 4.54. The zero-order valence-corrected chi connectivity index (χ0v) is 12.3. The number of carbonyl (C=O) groups excluding carboxylic acids is 1. The molecule has 0 saturated carbocycles. The van der Waals surface area contributed by atoms with Crippen LogP contribution in [0, 0.1) is 0 Å². The zero-order valence-electron chi connectivity index (χ0n) is 12.3. The lowest BCUT2D eigenvalue weighted by Gasteiger charge is -2.07. The molecule has 0 fully saturated rings. The fraction of sp³-hybridized carbons (Fsp3) is 0.176. The van der Waals surface area contributed by atoms with Gasteiger partial charge in [0.05, 0.1) is 14.2 Å². The predicted molar refractivity (Wildman–Crippen MR) is 81.9 cm³/mol. The highest BCUT2D eigenvalue weighted by Crippen LogP contribution is 2.25. The molecular weight excluding hydrogens is 266 g/mol. The van der Waals surface area contributed by atoms with Crippen molar-refractivity contribution >= 4 is 11.5 Å². The summed E-state index contributed by atoms with van der Waals surface area (Å²) in [5.74, 6) is 0.416. The van der Waals surface area contributed by atoms with E-state index in [1.54, 1.807) is 19.5 Å². The zero-order chi connectivity index (χ0) is 15.2. The van der Waals surface area contributed by atoms with Crippen molar-refractivity contribution in [3.63, 3.8) is 0 Å². The number of benzene rings is 1. The number of allylic oxidation sites excluding steroid dienone is 1. The molecule has 2 aromatic rings. The normalized spacial score (nSPS) is 11.1. The number of aromatic nitrogens is 1. The van der Waals surface area contributed by atoms with Gasteiger partial charge in [0.1, 0.15) is 5.75 Å². The summed E-state index contributed by atoms with van der Waals surface area (Å²) in [5, 5.41) is 0. The third-order valence-corrected chi connectivity index (χ3v) is 3.13. The van der Waals surface area contributed by atoms with Crippen LogP contribution in [-0.4, -0.2) is 25.2 Å². The van der Waals surface area contributed by atoms with Gasteiger partial charge in [-0.25, -0.2) is 4.79 Å². The molecule has 1 aromatic heterocycles. The van der Waals surface area contributed by atoms with Crippen LogP contribution < -0.4 is 4.74 Å². The molecule has 0 aliphatic rings. The second kappa shape index (κ2) is 6.70. The van der Waals surface area contributed by atoms with Crippen molar-refractivity contribution in [2.45, 2.75) is 6.92 Å². The Morgan fingerprint density at radius 2 is 1.95 bits per heavy atom. The van der Waals surface area contributed by atoms with Crippen LogP contribution in [0.3, 0.4) is 0 Å². The van der Waals surface area contributed by atoms with Crippen molar-refractivity contribution < 1.29 is 14.3 Å². The van der Waals surface area contributed by atoms with Crippen LogP contribution in [0.5, 0.6) is 5.75 Å². The highest BCUT2D eigenvalue weighted by Gasteiger charge is 2.05. The molecule has 2 rings (SSSR count). The third kappa shape index (κ3) is 3.69. The molecule has 0 N–H and O–H groups in total. The van der Waals surface area contributed by atoms with Gasteiger partial charge < -0.3 is 9.47 Å². The second-order valence-electron chi connectivity index (χ2n) is 4.54. The Balaban J connectivity index is 2.37. The number of methoxy groups -OCH3 is 2. The molecule has 0 unspecified atom stereocenters. The molecule has 108 valence electrons. The van der Waals surface area contributed by atoms with E-state index >= 15 is 0 Å². The first-order chi connectivity index (χ1) is 10.1. The van der Waals surface area contributed by atoms with Crippen molar-refractivity contribution in [1.82, 2.24) is 4.98 Å². The predicted octanol–water partition coefficient (Wildman–Crippen LogP) is 3.33. The topological polar surface area (TPSA) is 48.4 Å². The van der Waals surface area contributed by atoms with Crippen molar-refractivity contribution in [1.29, 1.82) is 0 Å². The molecule has 0 aliphatic carbocycles. The van der Waals surface area contributed by atoms with Gasteiger partial charge in [-0.05, 0) is 41.8 Å². The molecule has 0 spiro atoms. The maximum absolute atomic E-state index is 11.3. The quantitative estimate of drug-likeness (QED) is 0.638. The van der Waals surface area contributed by atoms with Crippen molar-refractivity contribution in [3.05, 3.63) is 54.4 Å². The van der Waals surface area contributed by atoms with Crippen molar-refractivity contribution in [3.8, 4) is 16.9 Å². The molecule has 4 heteroatoms. The molecule has 0 bridgehead atoms. The summed E-state index contributed by atoms with van der Waals surface area (Å²) in [7, 11) is 2.99. The number of carbonyl (C=O) groups is 1. The van der Waals surface area contributed by atoms with E-state index in [-0.39, 0.29) is 5.97 Å². The number of ether oxygens (including phenoxy) is 2. The van der Waals surface area contributed by atoms with Gasteiger partial charge >= 0.3 is 5.97 Å². The van der Waals surface area contributed by atoms with Crippen LogP contribution in [0.25, 0.3) is 16.7 Å². The van der Waals surface area contributed by atoms with E-state index in [2.05, 4.69) is 9.72 Å². The van der Waals surface area contributed by atoms with Crippen LogP contribution in [-0.2, 0) is 9.53 Å². The smallest absolute Gasteiger partial charge is 0.330 e. The molecule has 4 nitrogen and oxygen atoms in total. The molecule has 21 heavy (non-hydrogen) atoms. The van der Waals surface area contributed by atoms with E-state index in [4.69, 9.17) is 4.74 Å². The summed E-state index contributed by atoms with van der Waals surface area (Å²) < 4.78 is 9.86. The van der Waals surface area contributed by atoms with Crippen molar-refractivity contribution in [2.75, 3.05) is 14.2 Å². The lowest BCUT2D eigenvalue weighted by Crippen LogP contribution is -1.96. The number of nitrogens with zero attached hydrogens (tertiary/aromatic N) is 1. The summed E-state index contributed by atoms with van der Waals surface area (Å²) >= 11 is 0. The molecular formula is C17H17NO3. The number of esters is 1. The highest BCUT2D eigenvalue weighted by molar-refractivity contribution is 5.91. The molecule has 0 aliphatic heterocycles. The minimum absolute atomic E-state index is 0.376. The standard InChI is InChI=1S/C17H17NO3/c1-12(7-17(19)21-3)14-8-15(11-18-10-14)13-5-4-6-16(9-13)20-2/h4-11H,1-3H3/b12-7+. The maximum atomic E-state index is 11.3. The first-order valence-electron chi connectivity index (χ1n) is 6.50. The van der Waals surface area contributed by atoms with E-state index in [9.17, 15) is 4.79 Å². The van der Waals surface area contributed by atoms with Gasteiger partial charge in [0, 0.05) is 24.0 Å². The van der Waals surface area contributed by atoms with E-state index in [0.717, 1.165) is 28.0 Å². The Bertz CT molecular complexity index is 677. The van der Waals surface area contributed by atoms with Gasteiger partial charge in [-0.3, -0.25) is 4.98 Å². The fourth-order valence-electron chi connectivity index (χ4n) is 1.94. The fourth-order valence-corrected chi connectivity index (χ4v) is 1.94. The Morgan fingerprint density at radius 3 is 2.67 bits per heavy atom. The van der Waals surface area contributed by atoms with Crippen LogP contribution >= 0.6 is 0 Å². The Hall–Kier alpha value is -2.62. The van der Waals surface area contributed by atoms with Gasteiger partial charge in [0.15, 0.2) is 0 Å². The van der Waals surface area contributed by atoms with E-state index in [0.29, 0.717) is 0 Å². The molecule has 1 heterocycles. The highest BCUT2D eigenvalue weighted by atomic mass is 16.5. The summed E-state index contributed by atoms with van der Waals surface area (Å²) in [6.45, 7) is 1.85. The van der Waals surface area contributed by atoms with Gasteiger partial charge in [0.25, 0.3) is 0 Å². The van der Waals surface area contributed by atoms with Crippen LogP contribution in [0.15, 0.2) is 48.8 Å². The summed E-state index contributed by atoms with van der Waals surface area (Å²) in [6.07, 6.45) is 4.95. The number of rotatable bonds is 4. The molecule has 0 amide bonds. The summed E-state index contributed by atoms with van der Waals surface area (Å²) in [6, 6.07) is 9.74. The Kier molecular flexibility index (Phi) is 4.72. The van der Waals surface area contributed by atoms with Gasteiger partial charge in [-0.1, -0.05) is 12.1 Å². The third-order valence-electron chi connectivity index (χ3n) is 3.13. The average molecular weight is 283 g/mol. The monoisotopic (exact) mass is 283 g/mol. The summed E-state index contributed by atoms with van der Waals surface area (Å²) in [5.41, 5.74) is 3.65. The van der Waals surface area contributed by atoms with Crippen molar-refractivity contribution in [2.24, 2.45) is 0 Å². The first kappa shape index (κ1) is 14.8. The van der Waals surface area contributed by atoms with Crippen LogP contribution in [0.4, 0.5) is 0 Å². The van der Waals surface area contributed by atoms with Gasteiger partial charge in [-0.15, -0.1) is 0 Å². The first-order valence-corrected chi connectivity index (χ1v) is 6.50. The molecule has 0 radical (unpaired) electrons. The summed E-state index contributed by atoms with van der Waals surface area (Å²) in [4.78, 5) is 15.5. The molecule has 1 aromatic carbocycles. The maximum Gasteiger partial charge on any atom is 0.330 e. The van der Waals surface area contributed by atoms with E-state index in [1.807, 2.05) is 37.3 Å². The number of hydrogen-bond donors (Lipinski definition) is 0. The number of hydrogen-bond acceptors (Lipinski definition) is 4. The minimum atomic E-state index is -0.376. The van der Waals surface area contributed by atoms with Gasteiger partial charge in [-0.2, -0.15) is 0 Å². The lowest BCUT2D eigenvalue weighted by atomic mass is 10.0. The largest absolute Gasteiger partial charge is 0.497 e. The SMILES string of the molecule is COC(=O)/C=C(\C)c1cncc(-c2cccc(OC)c2)c1. The van der Waals surface area contributed by atoms with Crippen LogP contribution in [0.1, 0.15) is 12.5 Å². The Labute approximate surface area is 124 Å². The lowest BCUT2D eigenvalue weighted by molar-refractivity contribution is -0.134. The molecule has 0 saturated heterocycles. The van der Waals surface area contributed by atoms with Crippen LogP contribution in [0.2, 0.25) is 0 Å². The number of pyridine rings is 1. The van der Waals surface area contributed by atoms with E-state index in [1.165, 1.54) is 13.2 Å².